The molecule has 0 saturated carbocycles. The molecular weight excluding hydrogens is 154 g/mol. The van der Waals surface area contributed by atoms with E-state index in [1.807, 2.05) is 0 Å². The number of aldehydes is 1. The predicted molar refractivity (Wildman–Crippen MR) is 49.3 cm³/mol. The highest BCUT2D eigenvalue weighted by atomic mass is 16.5. The first kappa shape index (κ1) is 11.6. The minimum Gasteiger partial charge on any atom is -0.383 e. The molecule has 0 bridgehead atoms. The molecule has 0 N–H and O–H groups in total. The summed E-state index contributed by atoms with van der Waals surface area (Å²) in [6.07, 6.45) is 2.01. The van der Waals surface area contributed by atoms with Gasteiger partial charge >= 0.3 is 0 Å². The van der Waals surface area contributed by atoms with Crippen molar-refractivity contribution in [3.63, 3.8) is 0 Å². The van der Waals surface area contributed by atoms with Crippen molar-refractivity contribution in [1.82, 2.24) is 4.90 Å². The van der Waals surface area contributed by atoms with E-state index in [1.165, 1.54) is 0 Å². The Kier molecular flexibility index (Phi) is 7.00. The molecule has 1 unspecified atom stereocenters. The maximum atomic E-state index is 10.3. The van der Waals surface area contributed by atoms with Gasteiger partial charge in [0.25, 0.3) is 0 Å². The van der Waals surface area contributed by atoms with Gasteiger partial charge < -0.3 is 9.53 Å². The number of rotatable bonds is 7. The number of hydrogen-bond acceptors (Lipinski definition) is 3. The normalized spacial score (nSPS) is 13.3. The van der Waals surface area contributed by atoms with Gasteiger partial charge in [-0.1, -0.05) is 6.92 Å². The zero-order chi connectivity index (χ0) is 9.40. The van der Waals surface area contributed by atoms with E-state index in [0.29, 0.717) is 19.2 Å². The molecule has 0 aliphatic rings. The largest absolute Gasteiger partial charge is 0.383 e. The molecule has 12 heavy (non-hydrogen) atoms. The Labute approximate surface area is 74.7 Å². The fraction of sp³-hybridized carbons (Fsp3) is 0.889. The van der Waals surface area contributed by atoms with Gasteiger partial charge in [-0.25, -0.2) is 0 Å². The van der Waals surface area contributed by atoms with Crippen molar-refractivity contribution in [2.24, 2.45) is 0 Å². The highest BCUT2D eigenvalue weighted by Crippen LogP contribution is 2.01. The summed E-state index contributed by atoms with van der Waals surface area (Å²) in [5, 5.41) is 0. The van der Waals surface area contributed by atoms with Crippen LogP contribution in [0.3, 0.4) is 0 Å². The van der Waals surface area contributed by atoms with Crippen LogP contribution in [0.5, 0.6) is 0 Å². The molecule has 72 valence electrons. The Morgan fingerprint density at radius 1 is 1.58 bits per heavy atom. The van der Waals surface area contributed by atoms with E-state index >= 15 is 0 Å². The van der Waals surface area contributed by atoms with Gasteiger partial charge in [0.1, 0.15) is 6.29 Å². The number of carbonyl (C=O) groups excluding carboxylic acids is 1. The molecule has 0 heterocycles. The zero-order valence-corrected chi connectivity index (χ0v) is 8.25. The van der Waals surface area contributed by atoms with Gasteiger partial charge in [0.05, 0.1) is 13.2 Å². The van der Waals surface area contributed by atoms with Crippen molar-refractivity contribution in [3.05, 3.63) is 0 Å². The van der Waals surface area contributed by atoms with E-state index in [0.717, 1.165) is 19.3 Å². The van der Waals surface area contributed by atoms with Gasteiger partial charge in [-0.15, -0.1) is 0 Å². The second-order valence-corrected chi connectivity index (χ2v) is 2.91. The highest BCUT2D eigenvalue weighted by Gasteiger charge is 2.09. The third-order valence-electron chi connectivity index (χ3n) is 2.11. The zero-order valence-electron chi connectivity index (χ0n) is 8.25. The van der Waals surface area contributed by atoms with Crippen LogP contribution in [0.15, 0.2) is 0 Å². The maximum absolute atomic E-state index is 10.3. The van der Waals surface area contributed by atoms with Crippen LogP contribution in [0.1, 0.15) is 20.3 Å². The molecule has 0 aromatic rings. The minimum absolute atomic E-state index is 0.463. The van der Waals surface area contributed by atoms with Crippen LogP contribution in [0.4, 0.5) is 0 Å². The van der Waals surface area contributed by atoms with E-state index < -0.39 is 0 Å². The molecule has 1 atom stereocenters. The molecule has 0 aliphatic carbocycles. The van der Waals surface area contributed by atoms with Gasteiger partial charge in [0, 0.05) is 19.7 Å². The molecule has 3 nitrogen and oxygen atoms in total. The molecule has 0 radical (unpaired) electrons. The van der Waals surface area contributed by atoms with Crippen LogP contribution < -0.4 is 0 Å². The number of hydrogen-bond donors (Lipinski definition) is 0. The van der Waals surface area contributed by atoms with Crippen LogP contribution in [-0.2, 0) is 9.53 Å². The first-order valence-electron chi connectivity index (χ1n) is 4.42. The summed E-state index contributed by atoms with van der Waals surface area (Å²) in [7, 11) is 1.68. The van der Waals surface area contributed by atoms with Crippen molar-refractivity contribution in [1.29, 1.82) is 0 Å². The number of ether oxygens (including phenoxy) is 1. The van der Waals surface area contributed by atoms with E-state index in [1.54, 1.807) is 7.11 Å². The molecular formula is C9H19NO2. The molecule has 3 heteroatoms. The Balaban J connectivity index is 3.75. The lowest BCUT2D eigenvalue weighted by Gasteiger charge is -2.25. The average Bonchev–Trinajstić information content (AvgIpc) is 2.11. The summed E-state index contributed by atoms with van der Waals surface area (Å²) < 4.78 is 4.96. The molecule has 0 spiro atoms. The lowest BCUT2D eigenvalue weighted by molar-refractivity contribution is -0.109. The van der Waals surface area contributed by atoms with Crippen molar-refractivity contribution >= 4 is 6.29 Å². The summed E-state index contributed by atoms with van der Waals surface area (Å²) in [4.78, 5) is 12.4. The summed E-state index contributed by atoms with van der Waals surface area (Å²) in [6.45, 7) is 6.29. The fourth-order valence-electron chi connectivity index (χ4n) is 1.05. The van der Waals surface area contributed by atoms with Crippen molar-refractivity contribution in [2.75, 3.05) is 26.8 Å². The second-order valence-electron chi connectivity index (χ2n) is 2.91. The number of methoxy groups -OCH3 is 1. The maximum Gasteiger partial charge on any atom is 0.133 e. The minimum atomic E-state index is 0.463. The highest BCUT2D eigenvalue weighted by molar-refractivity contribution is 5.52. The molecule has 0 fully saturated rings. The van der Waals surface area contributed by atoms with Crippen molar-refractivity contribution in [3.8, 4) is 0 Å². The topological polar surface area (TPSA) is 29.5 Å². The van der Waals surface area contributed by atoms with Crippen LogP contribution in [0, 0.1) is 0 Å². The first-order chi connectivity index (χ1) is 5.76. The Bertz CT molecular complexity index is 117. The van der Waals surface area contributed by atoms with Crippen molar-refractivity contribution < 1.29 is 9.53 Å². The van der Waals surface area contributed by atoms with Gasteiger partial charge in [-0.3, -0.25) is 4.90 Å². The summed E-state index contributed by atoms with van der Waals surface area (Å²) in [6, 6.07) is 0.463. The quantitative estimate of drug-likeness (QED) is 0.536. The summed E-state index contributed by atoms with van der Waals surface area (Å²) >= 11 is 0. The Morgan fingerprint density at radius 3 is 2.67 bits per heavy atom. The van der Waals surface area contributed by atoms with E-state index in [4.69, 9.17) is 4.74 Å². The number of carbonyl (C=O) groups is 1. The predicted octanol–water partition coefficient (Wildman–Crippen LogP) is 0.932. The van der Waals surface area contributed by atoms with E-state index in [9.17, 15) is 4.79 Å². The second kappa shape index (κ2) is 7.25. The van der Waals surface area contributed by atoms with Gasteiger partial charge in [0.15, 0.2) is 0 Å². The monoisotopic (exact) mass is 173 g/mol. The van der Waals surface area contributed by atoms with Crippen molar-refractivity contribution in [2.45, 2.75) is 26.3 Å². The third-order valence-corrected chi connectivity index (χ3v) is 2.11. The van der Waals surface area contributed by atoms with Crippen LogP contribution in [0.2, 0.25) is 0 Å². The number of nitrogens with zero attached hydrogens (tertiary/aromatic N) is 1. The lowest BCUT2D eigenvalue weighted by atomic mass is 10.2. The van der Waals surface area contributed by atoms with E-state index in [-0.39, 0.29) is 0 Å². The Hall–Kier alpha value is -0.410. The standard InChI is InChI=1S/C9H19NO2/c1-4-9(2)10(5-7-11)6-8-12-3/h7,9H,4-6,8H2,1-3H3. The van der Waals surface area contributed by atoms with Gasteiger partial charge in [-0.2, -0.15) is 0 Å². The Morgan fingerprint density at radius 2 is 2.25 bits per heavy atom. The van der Waals surface area contributed by atoms with E-state index in [2.05, 4.69) is 18.7 Å². The first-order valence-corrected chi connectivity index (χ1v) is 4.42. The van der Waals surface area contributed by atoms with Crippen LogP contribution >= 0.6 is 0 Å². The third kappa shape index (κ3) is 4.46. The van der Waals surface area contributed by atoms with Gasteiger partial charge in [0.2, 0.25) is 0 Å². The molecule has 0 rings (SSSR count). The molecule has 0 aromatic carbocycles. The molecule has 0 amide bonds. The summed E-state index contributed by atoms with van der Waals surface area (Å²) in [5.41, 5.74) is 0. The van der Waals surface area contributed by atoms with Crippen LogP contribution in [0.25, 0.3) is 0 Å². The lowest BCUT2D eigenvalue weighted by Crippen LogP contribution is -2.36. The smallest absolute Gasteiger partial charge is 0.133 e. The SMILES string of the molecule is CCC(C)N(CC=O)CCOC. The molecule has 0 aromatic heterocycles. The van der Waals surface area contributed by atoms with Crippen LogP contribution in [-0.4, -0.2) is 44.0 Å². The molecule has 0 aliphatic heterocycles. The fourth-order valence-corrected chi connectivity index (χ4v) is 1.05. The average molecular weight is 173 g/mol. The molecule has 0 saturated heterocycles. The summed E-state index contributed by atoms with van der Waals surface area (Å²) in [5.74, 6) is 0. The van der Waals surface area contributed by atoms with Gasteiger partial charge in [-0.05, 0) is 13.3 Å².